The summed E-state index contributed by atoms with van der Waals surface area (Å²) in [5.74, 6) is 0.0824. The molecule has 2 rings (SSSR count). The van der Waals surface area contributed by atoms with E-state index < -0.39 is 0 Å². The maximum atomic E-state index is 12.6. The van der Waals surface area contributed by atoms with Crippen molar-refractivity contribution >= 4 is 51.8 Å². The van der Waals surface area contributed by atoms with E-state index >= 15 is 0 Å². The number of hydrogen-bond acceptors (Lipinski definition) is 5. The second kappa shape index (κ2) is 11.7. The summed E-state index contributed by atoms with van der Waals surface area (Å²) in [5, 5.41) is 3.02. The van der Waals surface area contributed by atoms with E-state index in [1.54, 1.807) is 37.1 Å². The Labute approximate surface area is 189 Å². The zero-order valence-electron chi connectivity index (χ0n) is 16.3. The zero-order valence-corrected chi connectivity index (χ0v) is 19.3. The van der Waals surface area contributed by atoms with Gasteiger partial charge in [-0.3, -0.25) is 14.9 Å². The molecule has 0 heterocycles. The third kappa shape index (κ3) is 7.28. The maximum absolute atomic E-state index is 12.6. The van der Waals surface area contributed by atoms with Crippen LogP contribution in [0.25, 0.3) is 0 Å². The summed E-state index contributed by atoms with van der Waals surface area (Å²) in [7, 11) is 1.58. The van der Waals surface area contributed by atoms with Gasteiger partial charge in [-0.05, 0) is 65.5 Å². The summed E-state index contributed by atoms with van der Waals surface area (Å²) in [6, 6.07) is 14.9. The fourth-order valence-corrected chi connectivity index (χ4v) is 3.56. The Morgan fingerprint density at radius 1 is 1.17 bits per heavy atom. The molecule has 0 aliphatic rings. The van der Waals surface area contributed by atoms with Crippen LogP contribution in [0.2, 0.25) is 0 Å². The van der Waals surface area contributed by atoms with E-state index in [0.29, 0.717) is 31.0 Å². The molecule has 0 unspecified atom stereocenters. The minimum atomic E-state index is -0.315. The summed E-state index contributed by atoms with van der Waals surface area (Å²) in [4.78, 5) is 26.2. The number of benzene rings is 2. The molecule has 1 N–H and O–H groups in total. The van der Waals surface area contributed by atoms with Gasteiger partial charge in [0.1, 0.15) is 5.75 Å². The van der Waals surface area contributed by atoms with Gasteiger partial charge in [0.2, 0.25) is 0 Å². The quantitative estimate of drug-likeness (QED) is 0.321. The highest BCUT2D eigenvalue weighted by Crippen LogP contribution is 2.21. The highest BCUT2D eigenvalue weighted by atomic mass is 127. The molecule has 0 spiro atoms. The summed E-state index contributed by atoms with van der Waals surface area (Å²) in [5.41, 5.74) is 1.49. The standard InChI is InChI=1S/C21H23IN2O4S/c1-3-28-19(25)11-12-24(14-15-7-5-4-6-8-15)21(29)23-20(26)16-9-10-18(27-2)17(22)13-16/h4-10,13H,3,11-12,14H2,1-2H3,(H,23,26,29). The molecule has 0 aliphatic carbocycles. The van der Waals surface area contributed by atoms with Crippen molar-refractivity contribution in [3.8, 4) is 5.75 Å². The summed E-state index contributed by atoms with van der Waals surface area (Å²) in [6.45, 7) is 2.90. The van der Waals surface area contributed by atoms with Crippen LogP contribution in [0.5, 0.6) is 5.75 Å². The summed E-state index contributed by atoms with van der Waals surface area (Å²) in [6.07, 6.45) is 0.178. The van der Waals surface area contributed by atoms with Crippen molar-refractivity contribution in [2.45, 2.75) is 19.9 Å². The van der Waals surface area contributed by atoms with Crippen LogP contribution < -0.4 is 10.1 Å². The zero-order chi connectivity index (χ0) is 21.2. The molecule has 0 aliphatic heterocycles. The molecule has 0 fully saturated rings. The topological polar surface area (TPSA) is 67.9 Å². The molecule has 0 bridgehead atoms. The molecule has 0 aromatic heterocycles. The number of amides is 1. The van der Waals surface area contributed by atoms with E-state index in [-0.39, 0.29) is 23.4 Å². The smallest absolute Gasteiger partial charge is 0.307 e. The lowest BCUT2D eigenvalue weighted by molar-refractivity contribution is -0.143. The number of rotatable bonds is 8. The largest absolute Gasteiger partial charge is 0.496 e. The first kappa shape index (κ1) is 23.1. The Bertz CT molecular complexity index is 861. The van der Waals surface area contributed by atoms with Crippen molar-refractivity contribution in [2.24, 2.45) is 0 Å². The molecule has 6 nitrogen and oxygen atoms in total. The molecular weight excluding hydrogens is 503 g/mol. The van der Waals surface area contributed by atoms with E-state index in [0.717, 1.165) is 9.13 Å². The van der Waals surface area contributed by atoms with Gasteiger partial charge >= 0.3 is 5.97 Å². The Balaban J connectivity index is 2.09. The van der Waals surface area contributed by atoms with Gasteiger partial charge < -0.3 is 14.4 Å². The Morgan fingerprint density at radius 2 is 1.90 bits per heavy atom. The number of esters is 1. The van der Waals surface area contributed by atoms with Crippen molar-refractivity contribution in [2.75, 3.05) is 20.3 Å². The molecule has 0 saturated carbocycles. The second-order valence-electron chi connectivity index (χ2n) is 6.07. The van der Waals surface area contributed by atoms with Crippen molar-refractivity contribution < 1.29 is 19.1 Å². The van der Waals surface area contributed by atoms with E-state index in [1.807, 2.05) is 30.3 Å². The third-order valence-electron chi connectivity index (χ3n) is 4.03. The van der Waals surface area contributed by atoms with Gasteiger partial charge in [-0.25, -0.2) is 0 Å². The number of halogens is 1. The van der Waals surface area contributed by atoms with Crippen molar-refractivity contribution in [1.29, 1.82) is 0 Å². The first-order valence-corrected chi connectivity index (χ1v) is 10.6. The normalized spacial score (nSPS) is 10.2. The third-order valence-corrected chi connectivity index (χ3v) is 5.23. The monoisotopic (exact) mass is 526 g/mol. The van der Waals surface area contributed by atoms with Crippen LogP contribution in [-0.4, -0.2) is 42.2 Å². The number of nitrogens with one attached hydrogen (secondary N) is 1. The number of carbonyl (C=O) groups excluding carboxylic acids is 2. The average Bonchev–Trinajstić information content (AvgIpc) is 2.71. The first-order valence-electron chi connectivity index (χ1n) is 9.08. The molecular formula is C21H23IN2O4S. The van der Waals surface area contributed by atoms with Gasteiger partial charge in [-0.1, -0.05) is 30.3 Å². The molecule has 8 heteroatoms. The van der Waals surface area contributed by atoms with Crippen LogP contribution in [0.15, 0.2) is 48.5 Å². The highest BCUT2D eigenvalue weighted by Gasteiger charge is 2.17. The van der Waals surface area contributed by atoms with Crippen LogP contribution in [0.3, 0.4) is 0 Å². The first-order chi connectivity index (χ1) is 13.9. The van der Waals surface area contributed by atoms with E-state index in [4.69, 9.17) is 21.7 Å². The lowest BCUT2D eigenvalue weighted by atomic mass is 10.2. The molecule has 1 amide bonds. The van der Waals surface area contributed by atoms with Gasteiger partial charge in [0.25, 0.3) is 5.91 Å². The van der Waals surface area contributed by atoms with Gasteiger partial charge in [-0.15, -0.1) is 0 Å². The van der Waals surface area contributed by atoms with Gasteiger partial charge in [-0.2, -0.15) is 0 Å². The van der Waals surface area contributed by atoms with Gasteiger partial charge in [0, 0.05) is 18.7 Å². The molecule has 29 heavy (non-hydrogen) atoms. The number of methoxy groups -OCH3 is 1. The molecule has 0 radical (unpaired) electrons. The van der Waals surface area contributed by atoms with Crippen LogP contribution in [-0.2, 0) is 16.1 Å². The SMILES string of the molecule is CCOC(=O)CCN(Cc1ccccc1)C(=S)NC(=O)c1ccc(OC)c(I)c1. The van der Waals surface area contributed by atoms with E-state index in [9.17, 15) is 9.59 Å². The molecule has 2 aromatic carbocycles. The number of thiocarbonyl (C=S) groups is 1. The Hall–Kier alpha value is -2.20. The summed E-state index contributed by atoms with van der Waals surface area (Å²) >= 11 is 7.57. The summed E-state index contributed by atoms with van der Waals surface area (Å²) < 4.78 is 11.0. The Kier molecular flexibility index (Phi) is 9.33. The van der Waals surface area contributed by atoms with Crippen LogP contribution in [0.1, 0.15) is 29.3 Å². The predicted molar refractivity (Wildman–Crippen MR) is 124 cm³/mol. The fourth-order valence-electron chi connectivity index (χ4n) is 2.57. The van der Waals surface area contributed by atoms with E-state index in [1.165, 1.54) is 0 Å². The minimum absolute atomic E-state index is 0.178. The van der Waals surface area contributed by atoms with Gasteiger partial charge in [0.05, 0.1) is 23.7 Å². The van der Waals surface area contributed by atoms with Crippen LogP contribution in [0, 0.1) is 3.57 Å². The lowest BCUT2D eigenvalue weighted by Crippen LogP contribution is -2.43. The minimum Gasteiger partial charge on any atom is -0.496 e. The second-order valence-corrected chi connectivity index (χ2v) is 7.62. The maximum Gasteiger partial charge on any atom is 0.307 e. The lowest BCUT2D eigenvalue weighted by Gasteiger charge is -2.25. The van der Waals surface area contributed by atoms with Crippen LogP contribution in [0.4, 0.5) is 0 Å². The van der Waals surface area contributed by atoms with Crippen molar-refractivity contribution in [1.82, 2.24) is 10.2 Å². The van der Waals surface area contributed by atoms with Crippen LogP contribution >= 0.6 is 34.8 Å². The molecule has 0 saturated heterocycles. The van der Waals surface area contributed by atoms with E-state index in [2.05, 4.69) is 27.9 Å². The highest BCUT2D eigenvalue weighted by molar-refractivity contribution is 14.1. The number of ether oxygens (including phenoxy) is 2. The fraction of sp³-hybridized carbons (Fsp3) is 0.286. The number of carbonyl (C=O) groups is 2. The van der Waals surface area contributed by atoms with Crippen molar-refractivity contribution in [3.05, 3.63) is 63.2 Å². The molecule has 2 aromatic rings. The Morgan fingerprint density at radius 3 is 2.52 bits per heavy atom. The van der Waals surface area contributed by atoms with Gasteiger partial charge in [0.15, 0.2) is 5.11 Å². The number of nitrogens with zero attached hydrogens (tertiary/aromatic N) is 1. The predicted octanol–water partition coefficient (Wildman–Crippen LogP) is 3.77. The molecule has 154 valence electrons. The number of hydrogen-bond donors (Lipinski definition) is 1. The van der Waals surface area contributed by atoms with Crippen molar-refractivity contribution in [3.63, 3.8) is 0 Å². The average molecular weight is 526 g/mol. The molecule has 0 atom stereocenters.